The van der Waals surface area contributed by atoms with E-state index in [0.717, 1.165) is 0 Å². The Kier molecular flexibility index (Phi) is 11.5. The van der Waals surface area contributed by atoms with Gasteiger partial charge in [-0.05, 0) is 6.92 Å². The summed E-state index contributed by atoms with van der Waals surface area (Å²) in [5.74, 6) is 0. The maximum Gasteiger partial charge on any atom is 0.466 e. The van der Waals surface area contributed by atoms with E-state index >= 15 is 0 Å². The second-order valence-corrected chi connectivity index (χ2v) is 3.38. The van der Waals surface area contributed by atoms with Crippen molar-refractivity contribution in [1.29, 1.82) is 0 Å². The fourth-order valence-corrected chi connectivity index (χ4v) is 0.209. The van der Waals surface area contributed by atoms with Crippen molar-refractivity contribution in [3.05, 3.63) is 12.4 Å². The molecule has 0 bridgehead atoms. The molecular weight excluding hydrogens is 243 g/mol. The molecule has 0 amide bonds. The fourth-order valence-electron chi connectivity index (χ4n) is 0.209. The van der Waals surface area contributed by atoms with E-state index in [-0.39, 0.29) is 6.61 Å². The van der Waals surface area contributed by atoms with Crippen LogP contribution in [-0.2, 0) is 9.40 Å². The van der Waals surface area contributed by atoms with Crippen LogP contribution in [0.2, 0.25) is 0 Å². The maximum absolute atomic E-state index is 8.88. The van der Waals surface area contributed by atoms with Gasteiger partial charge in [-0.15, -0.1) is 0 Å². The molecule has 0 aromatic heterocycles. The fraction of sp³-hybridized carbons (Fsp3) is 0.500. The first-order chi connectivity index (χ1) is 7.27. The van der Waals surface area contributed by atoms with Gasteiger partial charge < -0.3 is 29.7 Å². The van der Waals surface area contributed by atoms with Crippen molar-refractivity contribution >= 4 is 14.2 Å². The van der Waals surface area contributed by atoms with Crippen molar-refractivity contribution in [2.75, 3.05) is 6.61 Å². The number of aliphatic hydroxyl groups is 2. The summed E-state index contributed by atoms with van der Waals surface area (Å²) in [4.78, 5) is 29.6. The molecule has 1 aliphatic heterocycles. The highest BCUT2D eigenvalue weighted by atomic mass is 31.2. The molecule has 1 atom stereocenters. The van der Waals surface area contributed by atoms with Crippen LogP contribution in [0.25, 0.3) is 0 Å². The zero-order valence-electron chi connectivity index (χ0n) is 8.46. The van der Waals surface area contributed by atoms with Gasteiger partial charge in [-0.3, -0.25) is 0 Å². The molecule has 9 nitrogen and oxygen atoms in total. The summed E-state index contributed by atoms with van der Waals surface area (Å²) in [5.41, 5.74) is 2.45. The van der Waals surface area contributed by atoms with Crippen molar-refractivity contribution in [2.24, 2.45) is 4.99 Å². The Hall–Kier alpha value is -0.960. The van der Waals surface area contributed by atoms with E-state index < -0.39 is 13.9 Å². The molecule has 10 heteroatoms. The molecule has 0 aliphatic carbocycles. The largest absolute Gasteiger partial charge is 0.466 e. The lowest BCUT2D eigenvalue weighted by molar-refractivity contribution is 0.110. The summed E-state index contributed by atoms with van der Waals surface area (Å²) < 4.78 is 8.88. The van der Waals surface area contributed by atoms with Crippen LogP contribution in [0, 0.1) is 0 Å². The smallest absolute Gasteiger partial charge is 0.394 e. The Bertz CT molecular complexity index is 229. The highest BCUT2D eigenvalue weighted by Crippen LogP contribution is 2.25. The molecule has 0 aromatic rings. The lowest BCUT2D eigenvalue weighted by atomic mass is 10.5. The van der Waals surface area contributed by atoms with Crippen LogP contribution in [0.15, 0.2) is 17.4 Å². The van der Waals surface area contributed by atoms with Crippen LogP contribution in [0.1, 0.15) is 6.92 Å². The third kappa shape index (κ3) is 38.1. The van der Waals surface area contributed by atoms with E-state index in [1.807, 2.05) is 0 Å². The summed E-state index contributed by atoms with van der Waals surface area (Å²) in [6.07, 6.45) is 3.96. The number of nitrogens with one attached hydrogen (secondary N) is 1. The Balaban J connectivity index is 0. The van der Waals surface area contributed by atoms with E-state index in [4.69, 9.17) is 29.5 Å². The molecule has 0 spiro atoms. The summed E-state index contributed by atoms with van der Waals surface area (Å²) >= 11 is 0. The third-order valence-corrected chi connectivity index (χ3v) is 0.674. The van der Waals surface area contributed by atoms with Gasteiger partial charge in [0.2, 0.25) is 6.40 Å². The van der Waals surface area contributed by atoms with Gasteiger partial charge in [0.15, 0.2) is 0 Å². The molecule has 0 fully saturated rings. The molecule has 0 saturated carbocycles. The highest BCUT2D eigenvalue weighted by Gasteiger charge is 2.00. The molecule has 0 aromatic carbocycles. The number of hydrogen-bond acceptors (Lipinski definition) is 6. The second-order valence-electron chi connectivity index (χ2n) is 2.35. The average Bonchev–Trinajstić information content (AvgIpc) is 2.19. The highest BCUT2D eigenvalue weighted by molar-refractivity contribution is 7.45. The monoisotopic (exact) mass is 258 g/mol. The maximum atomic E-state index is 8.88. The van der Waals surface area contributed by atoms with Gasteiger partial charge in [0.05, 0.1) is 18.9 Å². The van der Waals surface area contributed by atoms with Gasteiger partial charge in [-0.1, -0.05) is 0 Å². The Labute approximate surface area is 91.9 Å². The number of nitrogens with zero attached hydrogens (tertiary/aromatic N) is 1. The number of aliphatic hydroxyl groups excluding tert-OH is 2. The van der Waals surface area contributed by atoms with Crippen LogP contribution in [0.4, 0.5) is 0 Å². The van der Waals surface area contributed by atoms with Gasteiger partial charge in [0.25, 0.3) is 0 Å². The van der Waals surface area contributed by atoms with Crippen LogP contribution < -0.4 is 5.48 Å². The average molecular weight is 258 g/mol. The second kappa shape index (κ2) is 10.6. The van der Waals surface area contributed by atoms with Crippen molar-refractivity contribution in [1.82, 2.24) is 5.48 Å². The topological polar surface area (TPSA) is 152 Å². The predicted octanol–water partition coefficient (Wildman–Crippen LogP) is -1.55. The first-order valence-corrected chi connectivity index (χ1v) is 5.49. The first-order valence-electron chi connectivity index (χ1n) is 3.92. The Morgan fingerprint density at radius 1 is 1.50 bits per heavy atom. The first kappa shape index (κ1) is 17.4. The van der Waals surface area contributed by atoms with E-state index in [1.165, 1.54) is 13.3 Å². The normalized spacial score (nSPS) is 14.4. The third-order valence-electron chi connectivity index (χ3n) is 0.674. The van der Waals surface area contributed by atoms with Crippen molar-refractivity contribution in [3.63, 3.8) is 0 Å². The van der Waals surface area contributed by atoms with E-state index in [1.54, 1.807) is 12.4 Å². The van der Waals surface area contributed by atoms with Crippen molar-refractivity contribution in [2.45, 2.75) is 13.0 Å². The molecule has 0 saturated heterocycles. The summed E-state index contributed by atoms with van der Waals surface area (Å²) in [7, 11) is -4.64. The number of hydrogen-bond donors (Lipinski definition) is 6. The quantitative estimate of drug-likeness (QED) is 0.309. The molecule has 1 aliphatic rings. The molecule has 1 heterocycles. The van der Waals surface area contributed by atoms with Crippen LogP contribution in [0.3, 0.4) is 0 Å². The molecular formula is C6H15N2O7P. The molecule has 1 unspecified atom stereocenters. The molecule has 96 valence electrons. The van der Waals surface area contributed by atoms with Gasteiger partial charge in [0, 0.05) is 6.20 Å². The Morgan fingerprint density at radius 2 is 1.94 bits per heavy atom. The summed E-state index contributed by atoms with van der Waals surface area (Å²) in [6.45, 7) is 1.39. The molecule has 6 N–H and O–H groups in total. The van der Waals surface area contributed by atoms with Crippen LogP contribution in [-0.4, -0.2) is 44.0 Å². The van der Waals surface area contributed by atoms with Gasteiger partial charge in [-0.25, -0.2) is 15.0 Å². The zero-order chi connectivity index (χ0) is 13.0. The van der Waals surface area contributed by atoms with Crippen LogP contribution in [0.5, 0.6) is 0 Å². The molecule has 16 heavy (non-hydrogen) atoms. The molecule has 0 radical (unpaired) electrons. The number of aliphatic imine (C=N–C) groups is 1. The van der Waals surface area contributed by atoms with Gasteiger partial charge >= 0.3 is 7.82 Å². The van der Waals surface area contributed by atoms with Crippen LogP contribution >= 0.6 is 7.82 Å². The lowest BCUT2D eigenvalue weighted by Crippen LogP contribution is -2.06. The van der Waals surface area contributed by atoms with Crippen molar-refractivity contribution in [3.8, 4) is 0 Å². The standard InChI is InChI=1S/C3H4N2O.C3H8O2.H3O4P/c1-2-5-6-3-4-1;1-3(5)2-4;1-5(2,3)4/h1-3,5H;3-5H,2H2,1H3;(H3,1,2,3,4). The van der Waals surface area contributed by atoms with E-state index in [9.17, 15) is 0 Å². The lowest BCUT2D eigenvalue weighted by Gasteiger charge is -1.96. The SMILES string of the molecule is C1=CNOC=N1.CC(O)CO.O=P(O)(O)O. The van der Waals surface area contributed by atoms with E-state index in [0.29, 0.717) is 0 Å². The number of hydroxylamine groups is 1. The minimum absolute atomic E-state index is 0.139. The Morgan fingerprint density at radius 3 is 2.00 bits per heavy atom. The molecule has 1 rings (SSSR count). The van der Waals surface area contributed by atoms with Crippen molar-refractivity contribution < 1.29 is 34.3 Å². The number of rotatable bonds is 1. The summed E-state index contributed by atoms with van der Waals surface area (Å²) in [5, 5.41) is 16.0. The van der Waals surface area contributed by atoms with E-state index in [2.05, 4.69) is 15.3 Å². The summed E-state index contributed by atoms with van der Waals surface area (Å²) in [6, 6.07) is 0. The minimum atomic E-state index is -4.64. The predicted molar refractivity (Wildman–Crippen MR) is 54.9 cm³/mol. The van der Waals surface area contributed by atoms with Gasteiger partial charge in [0.1, 0.15) is 0 Å². The van der Waals surface area contributed by atoms with Gasteiger partial charge in [-0.2, -0.15) is 0 Å². The zero-order valence-corrected chi connectivity index (χ0v) is 9.36. The minimum Gasteiger partial charge on any atom is -0.394 e. The number of phosphoric acid groups is 1.